The molecule has 3 unspecified atom stereocenters. The molecule has 3 heteroatoms. The highest BCUT2D eigenvalue weighted by molar-refractivity contribution is 6.31. The largest absolute Gasteiger partial charge is 0.316 e. The average molecular weight is 298 g/mol. The van der Waals surface area contributed by atoms with Crippen molar-refractivity contribution in [2.75, 3.05) is 7.05 Å². The van der Waals surface area contributed by atoms with Crippen LogP contribution in [0.2, 0.25) is 5.02 Å². The molecule has 0 radical (unpaired) electrons. The fraction of sp³-hybridized carbons (Fsp3) is 0.647. The molecule has 20 heavy (non-hydrogen) atoms. The molecule has 0 amide bonds. The maximum absolute atomic E-state index is 13.4. The van der Waals surface area contributed by atoms with E-state index in [4.69, 9.17) is 11.6 Å². The molecule has 0 saturated heterocycles. The summed E-state index contributed by atoms with van der Waals surface area (Å²) in [4.78, 5) is 0. The molecule has 1 saturated carbocycles. The monoisotopic (exact) mass is 297 g/mol. The molecule has 2 rings (SSSR count). The summed E-state index contributed by atoms with van der Waals surface area (Å²) in [7, 11) is 2.01. The fourth-order valence-electron chi connectivity index (χ4n) is 3.51. The molecule has 3 atom stereocenters. The molecule has 0 heterocycles. The molecule has 0 bridgehead atoms. The van der Waals surface area contributed by atoms with Gasteiger partial charge < -0.3 is 5.32 Å². The minimum atomic E-state index is -0.200. The normalized spacial score (nSPS) is 24.6. The Bertz CT molecular complexity index is 435. The second-order valence-electron chi connectivity index (χ2n) is 6.04. The molecule has 1 aliphatic rings. The molecule has 0 spiro atoms. The molecular formula is C17H25ClFN. The lowest BCUT2D eigenvalue weighted by atomic mass is 9.75. The van der Waals surface area contributed by atoms with E-state index in [1.165, 1.54) is 38.2 Å². The van der Waals surface area contributed by atoms with E-state index in [1.54, 1.807) is 12.1 Å². The van der Waals surface area contributed by atoms with Gasteiger partial charge in [-0.3, -0.25) is 0 Å². The standard InChI is InChI=1S/C17H25ClFN/c1-3-12-5-4-6-13(9-12)17(20-2)11-14-10-15(19)7-8-16(14)18/h7-8,10,12-13,17,20H,3-6,9,11H2,1-2H3. The Kier molecular flexibility index (Phi) is 5.86. The van der Waals surface area contributed by atoms with Gasteiger partial charge in [-0.2, -0.15) is 0 Å². The predicted molar refractivity (Wildman–Crippen MR) is 83.7 cm³/mol. The average Bonchev–Trinajstić information content (AvgIpc) is 2.48. The molecule has 1 aliphatic carbocycles. The van der Waals surface area contributed by atoms with Crippen LogP contribution in [-0.4, -0.2) is 13.1 Å². The zero-order valence-corrected chi connectivity index (χ0v) is 13.2. The highest BCUT2D eigenvalue weighted by Gasteiger charge is 2.27. The van der Waals surface area contributed by atoms with Crippen LogP contribution in [0.3, 0.4) is 0 Å². The third-order valence-electron chi connectivity index (χ3n) is 4.79. The lowest BCUT2D eigenvalue weighted by molar-refractivity contribution is 0.212. The van der Waals surface area contributed by atoms with Gasteiger partial charge >= 0.3 is 0 Å². The summed E-state index contributed by atoms with van der Waals surface area (Å²) in [6, 6.07) is 5.05. The van der Waals surface area contributed by atoms with Crippen LogP contribution in [0.4, 0.5) is 4.39 Å². The molecule has 1 nitrogen and oxygen atoms in total. The molecule has 112 valence electrons. The number of halogens is 2. The van der Waals surface area contributed by atoms with Gasteiger partial charge in [0.25, 0.3) is 0 Å². The van der Waals surface area contributed by atoms with Crippen molar-refractivity contribution in [3.8, 4) is 0 Å². The molecule has 1 aromatic carbocycles. The lowest BCUT2D eigenvalue weighted by Gasteiger charge is -2.34. The SMILES string of the molecule is CCC1CCCC(C(Cc2cc(F)ccc2Cl)NC)C1. The lowest BCUT2D eigenvalue weighted by Crippen LogP contribution is -2.38. The van der Waals surface area contributed by atoms with Crippen molar-refractivity contribution < 1.29 is 4.39 Å². The molecule has 1 aromatic rings. The van der Waals surface area contributed by atoms with E-state index >= 15 is 0 Å². The van der Waals surface area contributed by atoms with Crippen LogP contribution >= 0.6 is 11.6 Å². The number of hydrogen-bond acceptors (Lipinski definition) is 1. The zero-order chi connectivity index (χ0) is 14.5. The smallest absolute Gasteiger partial charge is 0.123 e. The number of rotatable bonds is 5. The first-order valence-electron chi connectivity index (χ1n) is 7.75. The second kappa shape index (κ2) is 7.42. The first kappa shape index (κ1) is 15.8. The summed E-state index contributed by atoms with van der Waals surface area (Å²) in [5, 5.41) is 4.11. The Hall–Kier alpha value is -0.600. The van der Waals surface area contributed by atoms with Gasteiger partial charge in [0.1, 0.15) is 5.82 Å². The minimum absolute atomic E-state index is 0.200. The van der Waals surface area contributed by atoms with Gasteiger partial charge in [-0.15, -0.1) is 0 Å². The summed E-state index contributed by atoms with van der Waals surface area (Å²) in [6.45, 7) is 2.28. The Labute approximate surface area is 126 Å². The van der Waals surface area contributed by atoms with Crippen molar-refractivity contribution in [1.29, 1.82) is 0 Å². The first-order chi connectivity index (χ1) is 9.63. The number of likely N-dealkylation sites (N-methyl/N-ethyl adjacent to an activating group) is 1. The molecule has 0 aliphatic heterocycles. The quantitative estimate of drug-likeness (QED) is 0.821. The first-order valence-corrected chi connectivity index (χ1v) is 8.13. The summed E-state index contributed by atoms with van der Waals surface area (Å²) >= 11 is 6.20. The maximum Gasteiger partial charge on any atom is 0.123 e. The van der Waals surface area contributed by atoms with Gasteiger partial charge in [-0.25, -0.2) is 4.39 Å². The van der Waals surface area contributed by atoms with E-state index in [1.807, 2.05) is 7.05 Å². The fourth-order valence-corrected chi connectivity index (χ4v) is 3.70. The Morgan fingerprint density at radius 3 is 2.90 bits per heavy atom. The van der Waals surface area contributed by atoms with Crippen molar-refractivity contribution >= 4 is 11.6 Å². The molecule has 1 fully saturated rings. The third kappa shape index (κ3) is 3.95. The Balaban J connectivity index is 2.06. The Morgan fingerprint density at radius 1 is 1.40 bits per heavy atom. The van der Waals surface area contributed by atoms with Gasteiger partial charge in [0.05, 0.1) is 0 Å². The van der Waals surface area contributed by atoms with Crippen LogP contribution < -0.4 is 5.32 Å². The van der Waals surface area contributed by atoms with Crippen molar-refractivity contribution in [2.24, 2.45) is 11.8 Å². The molecule has 1 N–H and O–H groups in total. The van der Waals surface area contributed by atoms with E-state index in [2.05, 4.69) is 12.2 Å². The van der Waals surface area contributed by atoms with Gasteiger partial charge in [-0.1, -0.05) is 37.8 Å². The third-order valence-corrected chi connectivity index (χ3v) is 5.16. The maximum atomic E-state index is 13.4. The Morgan fingerprint density at radius 2 is 2.20 bits per heavy atom. The molecule has 0 aromatic heterocycles. The number of hydrogen-bond donors (Lipinski definition) is 1. The van der Waals surface area contributed by atoms with Crippen LogP contribution in [0.25, 0.3) is 0 Å². The van der Waals surface area contributed by atoms with Crippen LogP contribution in [-0.2, 0) is 6.42 Å². The summed E-state index contributed by atoms with van der Waals surface area (Å²) in [6.07, 6.45) is 7.33. The van der Waals surface area contributed by atoms with Crippen molar-refractivity contribution in [3.05, 3.63) is 34.6 Å². The van der Waals surface area contributed by atoms with Crippen LogP contribution in [0, 0.1) is 17.7 Å². The van der Waals surface area contributed by atoms with Crippen molar-refractivity contribution in [1.82, 2.24) is 5.32 Å². The van der Waals surface area contributed by atoms with Crippen molar-refractivity contribution in [2.45, 2.75) is 51.5 Å². The van der Waals surface area contributed by atoms with E-state index in [-0.39, 0.29) is 5.82 Å². The highest BCUT2D eigenvalue weighted by atomic mass is 35.5. The van der Waals surface area contributed by atoms with Crippen LogP contribution in [0.5, 0.6) is 0 Å². The van der Waals surface area contributed by atoms with Gasteiger partial charge in [0.2, 0.25) is 0 Å². The number of nitrogens with one attached hydrogen (secondary N) is 1. The minimum Gasteiger partial charge on any atom is -0.316 e. The van der Waals surface area contributed by atoms with Gasteiger partial charge in [0.15, 0.2) is 0 Å². The zero-order valence-electron chi connectivity index (χ0n) is 12.5. The molecular weight excluding hydrogens is 273 g/mol. The summed E-state index contributed by atoms with van der Waals surface area (Å²) < 4.78 is 13.4. The van der Waals surface area contributed by atoms with Crippen LogP contribution in [0.15, 0.2) is 18.2 Å². The van der Waals surface area contributed by atoms with Gasteiger partial charge in [-0.05, 0) is 61.9 Å². The van der Waals surface area contributed by atoms with Gasteiger partial charge in [0, 0.05) is 11.1 Å². The van der Waals surface area contributed by atoms with E-state index < -0.39 is 0 Å². The van der Waals surface area contributed by atoms with Crippen LogP contribution in [0.1, 0.15) is 44.6 Å². The highest BCUT2D eigenvalue weighted by Crippen LogP contribution is 2.34. The number of benzene rings is 1. The predicted octanol–water partition coefficient (Wildman–Crippen LogP) is 4.83. The van der Waals surface area contributed by atoms with E-state index in [0.29, 0.717) is 17.0 Å². The van der Waals surface area contributed by atoms with Crippen molar-refractivity contribution in [3.63, 3.8) is 0 Å². The summed E-state index contributed by atoms with van der Waals surface area (Å²) in [5.41, 5.74) is 0.921. The van der Waals surface area contributed by atoms with E-state index in [9.17, 15) is 4.39 Å². The topological polar surface area (TPSA) is 12.0 Å². The second-order valence-corrected chi connectivity index (χ2v) is 6.44. The summed E-state index contributed by atoms with van der Waals surface area (Å²) in [5.74, 6) is 1.33. The van der Waals surface area contributed by atoms with E-state index in [0.717, 1.165) is 17.9 Å².